The molecule has 0 unspecified atom stereocenters. The van der Waals surface area contributed by atoms with Crippen LogP contribution in [0.15, 0.2) is 60.7 Å². The highest BCUT2D eigenvalue weighted by molar-refractivity contribution is 6.35. The van der Waals surface area contributed by atoms with Crippen molar-refractivity contribution in [2.24, 2.45) is 0 Å². The molecule has 0 bridgehead atoms. The van der Waals surface area contributed by atoms with Gasteiger partial charge in [-0.1, -0.05) is 114 Å². The third-order valence-corrected chi connectivity index (χ3v) is 7.68. The predicted octanol–water partition coefficient (Wildman–Crippen LogP) is 7.32. The lowest BCUT2D eigenvalue weighted by atomic mass is 9.99. The largest absolute Gasteiger partial charge is 0.828 e. The fourth-order valence-electron chi connectivity index (χ4n) is 5.36. The molecule has 0 amide bonds. The maximum absolute atomic E-state index is 11.2. The number of benzene rings is 2. The van der Waals surface area contributed by atoms with Gasteiger partial charge in [0.25, 0.3) is 0 Å². The van der Waals surface area contributed by atoms with E-state index in [0.29, 0.717) is 0 Å². The highest BCUT2D eigenvalue weighted by Crippen LogP contribution is 2.29. The van der Waals surface area contributed by atoms with Crippen LogP contribution < -0.4 is 9.51 Å². The van der Waals surface area contributed by atoms with E-state index >= 15 is 0 Å². The van der Waals surface area contributed by atoms with Crippen LogP contribution in [0.4, 0.5) is 0 Å². The minimum atomic E-state index is -1.59. The Morgan fingerprint density at radius 3 is 1.29 bits per heavy atom. The molecule has 0 spiro atoms. The molecule has 0 aliphatic heterocycles. The summed E-state index contributed by atoms with van der Waals surface area (Å²) >= 11 is 0. The topological polar surface area (TPSA) is 74.3 Å². The summed E-state index contributed by atoms with van der Waals surface area (Å²) < 4.78 is 12.1. The Labute approximate surface area is 252 Å². The molecule has 42 heavy (non-hydrogen) atoms. The fraction of sp³-hybridized carbons (Fsp3) is 0.471. The van der Waals surface area contributed by atoms with E-state index in [4.69, 9.17) is 19.7 Å². The molecule has 7 nitrogen and oxygen atoms in total. The monoisotopic (exact) mass is 570 g/mol. The Morgan fingerprint density at radius 1 is 0.571 bits per heavy atom. The Kier molecular flexibility index (Phi) is 12.1. The second-order valence-corrected chi connectivity index (χ2v) is 11.0. The summed E-state index contributed by atoms with van der Waals surface area (Å²) in [6.45, 7) is 8.76. The summed E-state index contributed by atoms with van der Waals surface area (Å²) in [5.41, 5.74) is 8.23. The normalized spacial score (nSPS) is 11.2. The van der Waals surface area contributed by atoms with Crippen LogP contribution in [-0.2, 0) is 25.7 Å². The minimum Gasteiger partial charge on any atom is -0.393 e. The van der Waals surface area contributed by atoms with Crippen molar-refractivity contribution in [3.63, 3.8) is 0 Å². The quantitative estimate of drug-likeness (QED) is 0.127. The van der Waals surface area contributed by atoms with Crippen molar-refractivity contribution in [1.29, 1.82) is 0 Å². The Balaban J connectivity index is 1.69. The SMILES string of the molecule is CCCCc1c(-c2ccccc2)nn(OB(O)On2nc(-c3ccccc3)c(CCCC)c2CCCC)c1CCCC. The number of unbranched alkanes of at least 4 members (excludes halogenated alkanes) is 4. The lowest BCUT2D eigenvalue weighted by Gasteiger charge is -2.14. The summed E-state index contributed by atoms with van der Waals surface area (Å²) in [6.07, 6.45) is 11.8. The summed E-state index contributed by atoms with van der Waals surface area (Å²) in [4.78, 5) is 3.00. The molecule has 2 aromatic heterocycles. The molecule has 0 atom stereocenters. The first-order valence-electron chi connectivity index (χ1n) is 16.0. The number of rotatable bonds is 18. The van der Waals surface area contributed by atoms with Crippen molar-refractivity contribution in [1.82, 2.24) is 19.9 Å². The van der Waals surface area contributed by atoms with Crippen LogP contribution >= 0.6 is 0 Å². The standard InChI is InChI=1S/C34H47BN4O3/c1-5-9-23-29-31(25-11-7-3)38(36-33(29)27-19-15-13-16-20-27)41-35(40)42-39-32(26-12-8-4)30(24-10-6-2)34(37-39)28-21-17-14-18-22-28/h13-22,40H,5-12,23-26H2,1-4H3. The first-order chi connectivity index (χ1) is 20.6. The predicted molar refractivity (Wildman–Crippen MR) is 171 cm³/mol. The molecule has 1 N–H and O–H groups in total. The van der Waals surface area contributed by atoms with E-state index in [0.717, 1.165) is 111 Å². The van der Waals surface area contributed by atoms with Crippen molar-refractivity contribution in [3.05, 3.63) is 83.2 Å². The number of nitrogens with zero attached hydrogens (tertiary/aromatic N) is 4. The number of aromatic nitrogens is 4. The average molecular weight is 571 g/mol. The summed E-state index contributed by atoms with van der Waals surface area (Å²) in [5.74, 6) is 0. The number of hydrogen-bond donors (Lipinski definition) is 1. The van der Waals surface area contributed by atoms with Gasteiger partial charge in [0.2, 0.25) is 0 Å². The fourth-order valence-corrected chi connectivity index (χ4v) is 5.36. The smallest absolute Gasteiger partial charge is 0.393 e. The highest BCUT2D eigenvalue weighted by Gasteiger charge is 2.30. The third kappa shape index (κ3) is 7.85. The molecule has 4 rings (SSSR count). The van der Waals surface area contributed by atoms with E-state index in [1.165, 1.54) is 20.8 Å². The summed E-state index contributed by atoms with van der Waals surface area (Å²) in [6, 6.07) is 20.4. The third-order valence-electron chi connectivity index (χ3n) is 7.68. The van der Waals surface area contributed by atoms with Crippen molar-refractivity contribution < 1.29 is 14.5 Å². The van der Waals surface area contributed by atoms with Crippen LogP contribution in [0.1, 0.15) is 102 Å². The highest BCUT2D eigenvalue weighted by atomic mass is 16.8. The molecule has 0 aliphatic carbocycles. The van der Waals surface area contributed by atoms with E-state index in [9.17, 15) is 5.02 Å². The number of hydrogen-bond acceptors (Lipinski definition) is 5. The Bertz CT molecular complexity index is 1250. The van der Waals surface area contributed by atoms with Gasteiger partial charge in [0, 0.05) is 22.3 Å². The van der Waals surface area contributed by atoms with Crippen LogP contribution in [-0.4, -0.2) is 32.2 Å². The van der Waals surface area contributed by atoms with Gasteiger partial charge in [0.15, 0.2) is 0 Å². The van der Waals surface area contributed by atoms with Gasteiger partial charge in [-0.2, -0.15) is 0 Å². The van der Waals surface area contributed by atoms with E-state index in [1.54, 1.807) is 0 Å². The van der Waals surface area contributed by atoms with Crippen molar-refractivity contribution in [2.45, 2.75) is 105 Å². The van der Waals surface area contributed by atoms with Crippen LogP contribution in [0.2, 0.25) is 0 Å². The second kappa shape index (κ2) is 16.2. The molecule has 0 saturated carbocycles. The van der Waals surface area contributed by atoms with Crippen LogP contribution in [0.25, 0.3) is 22.5 Å². The van der Waals surface area contributed by atoms with Crippen molar-refractivity contribution in [3.8, 4) is 22.5 Å². The maximum atomic E-state index is 11.2. The summed E-state index contributed by atoms with van der Waals surface area (Å²) in [5, 5.41) is 20.9. The van der Waals surface area contributed by atoms with Gasteiger partial charge in [-0.15, -0.1) is 19.9 Å². The minimum absolute atomic E-state index is 0.810. The van der Waals surface area contributed by atoms with Crippen LogP contribution in [0, 0.1) is 0 Å². The Hall–Kier alpha value is -3.52. The van der Waals surface area contributed by atoms with E-state index in [2.05, 4.69) is 52.0 Å². The van der Waals surface area contributed by atoms with Gasteiger partial charge in [-0.3, -0.25) is 0 Å². The molecule has 0 fully saturated rings. The zero-order valence-corrected chi connectivity index (χ0v) is 25.9. The molecule has 2 aromatic carbocycles. The molecule has 0 saturated heterocycles. The van der Waals surface area contributed by atoms with Crippen molar-refractivity contribution >= 4 is 7.32 Å². The lowest BCUT2D eigenvalue weighted by Crippen LogP contribution is -2.42. The molecule has 0 radical (unpaired) electrons. The van der Waals surface area contributed by atoms with Gasteiger partial charge < -0.3 is 14.5 Å². The molecule has 4 aromatic rings. The van der Waals surface area contributed by atoms with Gasteiger partial charge in [0.1, 0.15) is 0 Å². The summed E-state index contributed by atoms with van der Waals surface area (Å²) in [7, 11) is -1.59. The molecular formula is C34H47BN4O3. The average Bonchev–Trinajstić information content (AvgIpc) is 3.54. The lowest BCUT2D eigenvalue weighted by molar-refractivity contribution is 0.0759. The van der Waals surface area contributed by atoms with E-state index in [1.807, 2.05) is 36.4 Å². The van der Waals surface area contributed by atoms with Crippen molar-refractivity contribution in [2.75, 3.05) is 0 Å². The molecular weight excluding hydrogens is 523 g/mol. The molecule has 8 heteroatoms. The van der Waals surface area contributed by atoms with Gasteiger partial charge >= 0.3 is 7.32 Å². The van der Waals surface area contributed by atoms with Crippen LogP contribution in [0.3, 0.4) is 0 Å². The molecule has 224 valence electrons. The maximum Gasteiger partial charge on any atom is 0.828 e. The first-order valence-corrected chi connectivity index (χ1v) is 16.0. The Morgan fingerprint density at radius 2 is 0.929 bits per heavy atom. The van der Waals surface area contributed by atoms with E-state index < -0.39 is 7.32 Å². The van der Waals surface area contributed by atoms with Gasteiger partial charge in [-0.25, -0.2) is 0 Å². The first kappa shape index (κ1) is 31.4. The van der Waals surface area contributed by atoms with E-state index in [-0.39, 0.29) is 0 Å². The second-order valence-electron chi connectivity index (χ2n) is 11.0. The van der Waals surface area contributed by atoms with Gasteiger partial charge in [0.05, 0.1) is 22.8 Å². The molecule has 0 aliphatic rings. The van der Waals surface area contributed by atoms with Crippen LogP contribution in [0.5, 0.6) is 0 Å². The zero-order chi connectivity index (χ0) is 29.7. The molecule has 2 heterocycles. The van der Waals surface area contributed by atoms with Gasteiger partial charge in [-0.05, 0) is 51.4 Å². The zero-order valence-electron chi connectivity index (χ0n) is 25.9.